The summed E-state index contributed by atoms with van der Waals surface area (Å²) in [7, 11) is 1.52. The molecule has 5 rings (SSSR count). The number of aromatic nitrogens is 2. The molecule has 0 aliphatic heterocycles. The van der Waals surface area contributed by atoms with Gasteiger partial charge in [-0.1, -0.05) is 53.2 Å². The lowest BCUT2D eigenvalue weighted by Crippen LogP contribution is -2.47. The van der Waals surface area contributed by atoms with E-state index in [9.17, 15) is 9.59 Å². The van der Waals surface area contributed by atoms with Crippen LogP contribution in [-0.4, -0.2) is 47.1 Å². The minimum atomic E-state index is -1.38. The van der Waals surface area contributed by atoms with E-state index in [0.717, 1.165) is 32.6 Å². The van der Waals surface area contributed by atoms with E-state index >= 15 is 0 Å². The van der Waals surface area contributed by atoms with E-state index in [1.54, 1.807) is 12.1 Å². The highest BCUT2D eigenvalue weighted by atomic mass is 35.5. The molecule has 1 atom stereocenters. The first-order chi connectivity index (χ1) is 20.7. The number of thioether (sulfide) groups is 1. The molecule has 2 N–H and O–H groups in total. The topological polar surface area (TPSA) is 108 Å². The Morgan fingerprint density at radius 2 is 1.88 bits per heavy atom. The van der Waals surface area contributed by atoms with E-state index in [2.05, 4.69) is 9.97 Å². The van der Waals surface area contributed by atoms with Gasteiger partial charge in [-0.25, -0.2) is 9.97 Å². The van der Waals surface area contributed by atoms with E-state index in [-0.39, 0.29) is 17.4 Å². The number of carbonyl (C=O) groups excluding carboxylic acids is 2. The van der Waals surface area contributed by atoms with Crippen LogP contribution in [0.5, 0.6) is 11.5 Å². The quantitative estimate of drug-likeness (QED) is 0.119. The van der Waals surface area contributed by atoms with Gasteiger partial charge in [0, 0.05) is 28.7 Å². The third kappa shape index (κ3) is 6.89. The van der Waals surface area contributed by atoms with Crippen molar-refractivity contribution in [2.24, 2.45) is 5.73 Å². The van der Waals surface area contributed by atoms with E-state index in [1.807, 2.05) is 62.4 Å². The van der Waals surface area contributed by atoms with Crippen molar-refractivity contribution in [3.63, 3.8) is 0 Å². The Labute approximate surface area is 267 Å². The number of halogens is 2. The van der Waals surface area contributed by atoms with Crippen LogP contribution >= 0.6 is 46.3 Å². The van der Waals surface area contributed by atoms with Gasteiger partial charge in [0.1, 0.15) is 29.7 Å². The van der Waals surface area contributed by atoms with Crippen molar-refractivity contribution in [2.75, 3.05) is 24.3 Å². The van der Waals surface area contributed by atoms with Gasteiger partial charge in [-0.15, -0.1) is 11.3 Å². The number of amides is 1. The number of thiazole rings is 1. The first-order valence-electron chi connectivity index (χ1n) is 13.3. The molecule has 1 amide bonds. The van der Waals surface area contributed by atoms with Crippen molar-refractivity contribution in [3.8, 4) is 11.5 Å². The molecule has 12 heteroatoms. The van der Waals surface area contributed by atoms with Crippen LogP contribution in [0.4, 0.5) is 5.69 Å². The molecule has 0 aliphatic rings. The number of hydrogen-bond acceptors (Lipinski definition) is 9. The van der Waals surface area contributed by atoms with Gasteiger partial charge in [-0.2, -0.15) is 0 Å². The highest BCUT2D eigenvalue weighted by molar-refractivity contribution is 8.01. The van der Waals surface area contributed by atoms with Crippen LogP contribution in [0.15, 0.2) is 65.0 Å². The number of ether oxygens (including phenoxy) is 2. The molecule has 5 aromatic rings. The summed E-state index contributed by atoms with van der Waals surface area (Å²) in [6.07, 6.45) is 0. The predicted octanol–water partition coefficient (Wildman–Crippen LogP) is 7.09. The molecular formula is C31H28Cl2N4O4S2. The van der Waals surface area contributed by atoms with Crippen molar-refractivity contribution in [2.45, 2.75) is 30.8 Å². The number of pyridine rings is 1. The number of nitrogens with two attached hydrogens (primary N) is 1. The summed E-state index contributed by atoms with van der Waals surface area (Å²) >= 11 is 15.9. The summed E-state index contributed by atoms with van der Waals surface area (Å²) in [5, 5.41) is 1.54. The maximum Gasteiger partial charge on any atom is 0.251 e. The summed E-state index contributed by atoms with van der Waals surface area (Å²) < 4.78 is 13.3. The number of rotatable bonds is 11. The standard InChI is InChI=1S/C31H28Cl2N4O4S2/c1-4-40-19-10-12-22-26(14-19)43-31(36-22)42-16-24(38)28(34)30(39)37(3)23-13-11-21(32)20(27(23)33)15-41-25-7-5-6-18-9-8-17(2)35-29(18)25/h5-14,28H,4,15-16,34H2,1-3H3. The number of aryl methyl sites for hydroxylation is 1. The van der Waals surface area contributed by atoms with Crippen LogP contribution < -0.4 is 20.1 Å². The minimum absolute atomic E-state index is 0.00906. The van der Waals surface area contributed by atoms with E-state index in [4.69, 9.17) is 38.4 Å². The molecular weight excluding hydrogens is 627 g/mol. The number of Topliss-reactive ketones (excluding diaryl/α,β-unsaturated/α-hetero) is 1. The Morgan fingerprint density at radius 1 is 1.07 bits per heavy atom. The van der Waals surface area contributed by atoms with Crippen LogP contribution in [0.25, 0.3) is 21.1 Å². The Kier molecular flexibility index (Phi) is 9.73. The lowest BCUT2D eigenvalue weighted by molar-refractivity contribution is -0.127. The van der Waals surface area contributed by atoms with Gasteiger partial charge in [-0.05, 0) is 56.3 Å². The number of likely N-dealkylation sites (N-methyl/N-ethyl adjacent to an activating group) is 1. The van der Waals surface area contributed by atoms with Crippen molar-refractivity contribution in [1.82, 2.24) is 9.97 Å². The Hall–Kier alpha value is -3.41. The maximum absolute atomic E-state index is 13.3. The predicted molar refractivity (Wildman–Crippen MR) is 175 cm³/mol. The first-order valence-corrected chi connectivity index (χ1v) is 15.9. The normalized spacial score (nSPS) is 12.0. The van der Waals surface area contributed by atoms with Crippen molar-refractivity contribution >= 4 is 84.8 Å². The van der Waals surface area contributed by atoms with E-state index < -0.39 is 17.7 Å². The van der Waals surface area contributed by atoms with Gasteiger partial charge in [0.15, 0.2) is 10.1 Å². The van der Waals surface area contributed by atoms with E-state index in [1.165, 1.54) is 35.0 Å². The fourth-order valence-electron chi connectivity index (χ4n) is 4.35. The summed E-state index contributed by atoms with van der Waals surface area (Å²) in [4.78, 5) is 36.6. The lowest BCUT2D eigenvalue weighted by atomic mass is 10.1. The molecule has 0 saturated heterocycles. The molecule has 0 aliphatic carbocycles. The van der Waals surface area contributed by atoms with Gasteiger partial charge in [0.25, 0.3) is 5.91 Å². The molecule has 1 unspecified atom stereocenters. The zero-order chi connectivity index (χ0) is 30.7. The van der Waals surface area contributed by atoms with Crippen LogP contribution in [0, 0.1) is 6.92 Å². The number of para-hydroxylation sites is 1. The Bertz CT molecular complexity index is 1830. The first kappa shape index (κ1) is 31.0. The largest absolute Gasteiger partial charge is 0.494 e. The second-order valence-corrected chi connectivity index (χ2v) is 12.6. The maximum atomic E-state index is 13.3. The average molecular weight is 656 g/mol. The van der Waals surface area contributed by atoms with E-state index in [0.29, 0.717) is 33.0 Å². The van der Waals surface area contributed by atoms with Gasteiger partial charge in [0.2, 0.25) is 0 Å². The van der Waals surface area contributed by atoms with Crippen molar-refractivity contribution in [3.05, 3.63) is 82.0 Å². The number of ketones is 1. The SMILES string of the molecule is CCOc1ccc2nc(SCC(=O)C(N)C(=O)N(C)c3ccc(Cl)c(COc4cccc5ccc(C)nc45)c3Cl)sc2c1. The van der Waals surface area contributed by atoms with Gasteiger partial charge < -0.3 is 20.1 Å². The van der Waals surface area contributed by atoms with Gasteiger partial charge in [0.05, 0.1) is 33.3 Å². The van der Waals surface area contributed by atoms with Crippen molar-refractivity contribution < 1.29 is 19.1 Å². The van der Waals surface area contributed by atoms with Crippen LogP contribution in [0.2, 0.25) is 10.0 Å². The Balaban J connectivity index is 1.26. The molecule has 3 aromatic carbocycles. The molecule has 0 saturated carbocycles. The summed E-state index contributed by atoms with van der Waals surface area (Å²) in [5.41, 5.74) is 9.37. The Morgan fingerprint density at radius 3 is 2.67 bits per heavy atom. The van der Waals surface area contributed by atoms with Gasteiger partial charge >= 0.3 is 0 Å². The van der Waals surface area contributed by atoms with Crippen LogP contribution in [0.1, 0.15) is 18.2 Å². The zero-order valence-corrected chi connectivity index (χ0v) is 26.7. The molecule has 0 bridgehead atoms. The highest BCUT2D eigenvalue weighted by Gasteiger charge is 2.28. The van der Waals surface area contributed by atoms with Gasteiger partial charge in [-0.3, -0.25) is 9.59 Å². The smallest absolute Gasteiger partial charge is 0.251 e. The highest BCUT2D eigenvalue weighted by Crippen LogP contribution is 2.36. The molecule has 0 radical (unpaired) electrons. The fraction of sp³-hybridized carbons (Fsp3) is 0.226. The molecule has 222 valence electrons. The lowest BCUT2D eigenvalue weighted by Gasteiger charge is -2.23. The molecule has 0 spiro atoms. The number of benzene rings is 3. The monoisotopic (exact) mass is 654 g/mol. The van der Waals surface area contributed by atoms with Crippen molar-refractivity contribution in [1.29, 1.82) is 0 Å². The average Bonchev–Trinajstić information content (AvgIpc) is 3.41. The second kappa shape index (κ2) is 13.5. The number of fused-ring (bicyclic) bond motifs is 2. The third-order valence-electron chi connectivity index (χ3n) is 6.65. The summed E-state index contributed by atoms with van der Waals surface area (Å²) in [6.45, 7) is 4.44. The molecule has 8 nitrogen and oxygen atoms in total. The fourth-order valence-corrected chi connectivity index (χ4v) is 6.97. The molecule has 2 aromatic heterocycles. The second-order valence-electron chi connectivity index (χ2n) is 9.60. The molecule has 0 fully saturated rings. The minimum Gasteiger partial charge on any atom is -0.494 e. The number of carbonyl (C=O) groups is 2. The zero-order valence-electron chi connectivity index (χ0n) is 23.6. The van der Waals surface area contributed by atoms with Crippen LogP contribution in [-0.2, 0) is 16.2 Å². The molecule has 2 heterocycles. The number of nitrogens with zero attached hydrogens (tertiary/aromatic N) is 3. The summed E-state index contributed by atoms with van der Waals surface area (Å²) in [5.74, 6) is 0.309. The molecule has 43 heavy (non-hydrogen) atoms. The number of anilines is 1. The number of hydrogen-bond donors (Lipinski definition) is 1. The third-order valence-corrected chi connectivity index (χ3v) is 9.61. The van der Waals surface area contributed by atoms with Crippen LogP contribution in [0.3, 0.4) is 0 Å². The summed E-state index contributed by atoms with van der Waals surface area (Å²) in [6, 6.07) is 17.1.